The van der Waals surface area contributed by atoms with E-state index in [1.165, 1.54) is 6.08 Å². The average Bonchev–Trinajstić information content (AvgIpc) is 2.53. The summed E-state index contributed by atoms with van der Waals surface area (Å²) in [5, 5.41) is 3.63. The van der Waals surface area contributed by atoms with Crippen molar-refractivity contribution in [3.05, 3.63) is 48.2 Å². The van der Waals surface area contributed by atoms with Crippen LogP contribution in [0.3, 0.4) is 0 Å². The molecule has 1 amide bonds. The lowest BCUT2D eigenvalue weighted by Crippen LogP contribution is -2.24. The minimum atomic E-state index is -0.313. The third-order valence-electron chi connectivity index (χ3n) is 3.03. The number of nitrogens with one attached hydrogen (secondary N) is 1. The van der Waals surface area contributed by atoms with Gasteiger partial charge in [0, 0.05) is 24.2 Å². The molecule has 0 spiro atoms. The van der Waals surface area contributed by atoms with Crippen LogP contribution in [-0.2, 0) is 14.3 Å². The van der Waals surface area contributed by atoms with Gasteiger partial charge < -0.3 is 10.1 Å². The van der Waals surface area contributed by atoms with Crippen LogP contribution >= 0.6 is 0 Å². The number of carbonyl (C=O) groups is 2. The summed E-state index contributed by atoms with van der Waals surface area (Å²) in [5.74, 6) is -0.558. The van der Waals surface area contributed by atoms with Crippen molar-refractivity contribution in [3.8, 4) is 0 Å². The van der Waals surface area contributed by atoms with Crippen molar-refractivity contribution in [2.24, 2.45) is 0 Å². The number of fused-ring (bicyclic) bond motifs is 1. The molecule has 1 heterocycles. The number of para-hydroxylation sites is 1. The number of ether oxygens (including phenoxy) is 1. The average molecular weight is 298 g/mol. The Morgan fingerprint density at radius 1 is 1.27 bits per heavy atom. The molecule has 114 valence electrons. The van der Waals surface area contributed by atoms with Crippen molar-refractivity contribution in [1.29, 1.82) is 0 Å². The first-order valence-corrected chi connectivity index (χ1v) is 7.16. The van der Waals surface area contributed by atoms with Crippen molar-refractivity contribution in [2.75, 3.05) is 13.2 Å². The van der Waals surface area contributed by atoms with E-state index in [9.17, 15) is 9.59 Å². The van der Waals surface area contributed by atoms with E-state index in [1.807, 2.05) is 30.3 Å². The predicted molar refractivity (Wildman–Crippen MR) is 85.0 cm³/mol. The largest absolute Gasteiger partial charge is 0.466 e. The van der Waals surface area contributed by atoms with Crippen LogP contribution in [0.1, 0.15) is 18.9 Å². The van der Waals surface area contributed by atoms with Crippen LogP contribution < -0.4 is 5.32 Å². The van der Waals surface area contributed by atoms with Gasteiger partial charge in [-0.2, -0.15) is 0 Å². The van der Waals surface area contributed by atoms with Gasteiger partial charge in [0.2, 0.25) is 5.91 Å². The lowest BCUT2D eigenvalue weighted by atomic mass is 10.1. The van der Waals surface area contributed by atoms with Crippen molar-refractivity contribution in [2.45, 2.75) is 13.3 Å². The maximum Gasteiger partial charge on any atom is 0.307 e. The van der Waals surface area contributed by atoms with E-state index in [4.69, 9.17) is 4.74 Å². The van der Waals surface area contributed by atoms with Crippen molar-refractivity contribution in [1.82, 2.24) is 10.3 Å². The Labute approximate surface area is 129 Å². The maximum atomic E-state index is 11.7. The zero-order valence-corrected chi connectivity index (χ0v) is 12.4. The van der Waals surface area contributed by atoms with E-state index in [1.54, 1.807) is 19.2 Å². The minimum Gasteiger partial charge on any atom is -0.466 e. The van der Waals surface area contributed by atoms with E-state index in [-0.39, 0.29) is 24.8 Å². The second-order valence-electron chi connectivity index (χ2n) is 4.60. The molecule has 0 radical (unpaired) electrons. The number of carbonyl (C=O) groups excluding carboxylic acids is 2. The SMILES string of the molecule is CCOC(=O)CCNC(=O)/C=C\c1ccnc2ccccc12. The van der Waals surface area contributed by atoms with E-state index in [2.05, 4.69) is 10.3 Å². The number of amides is 1. The molecule has 5 nitrogen and oxygen atoms in total. The number of nitrogens with zero attached hydrogens (tertiary/aromatic N) is 1. The third kappa shape index (κ3) is 4.41. The summed E-state index contributed by atoms with van der Waals surface area (Å²) in [6.07, 6.45) is 5.07. The fourth-order valence-corrected chi connectivity index (χ4v) is 2.01. The van der Waals surface area contributed by atoms with Crippen LogP contribution in [0.5, 0.6) is 0 Å². The Morgan fingerprint density at radius 3 is 2.91 bits per heavy atom. The van der Waals surface area contributed by atoms with Gasteiger partial charge in [-0.1, -0.05) is 18.2 Å². The Hall–Kier alpha value is -2.69. The molecule has 0 saturated heterocycles. The molecular formula is C17H18N2O3. The molecule has 0 bridgehead atoms. The van der Waals surface area contributed by atoms with Gasteiger partial charge in [-0.3, -0.25) is 14.6 Å². The van der Waals surface area contributed by atoms with Crippen molar-refractivity contribution < 1.29 is 14.3 Å². The second kappa shape index (κ2) is 7.93. The molecule has 2 aromatic rings. The molecule has 0 unspecified atom stereocenters. The molecule has 0 saturated carbocycles. The lowest BCUT2D eigenvalue weighted by molar-refractivity contribution is -0.142. The molecule has 0 aliphatic carbocycles. The molecule has 1 N–H and O–H groups in total. The monoisotopic (exact) mass is 298 g/mol. The highest BCUT2D eigenvalue weighted by Gasteiger charge is 2.03. The van der Waals surface area contributed by atoms with E-state index in [0.717, 1.165) is 16.5 Å². The van der Waals surface area contributed by atoms with Crippen LogP contribution in [0.4, 0.5) is 0 Å². The van der Waals surface area contributed by atoms with Crippen molar-refractivity contribution >= 4 is 28.9 Å². The smallest absolute Gasteiger partial charge is 0.307 e. The molecule has 0 atom stereocenters. The fraction of sp³-hybridized carbons (Fsp3) is 0.235. The summed E-state index contributed by atoms with van der Waals surface area (Å²) in [7, 11) is 0. The molecule has 0 aliphatic rings. The van der Waals surface area contributed by atoms with Gasteiger partial charge in [-0.25, -0.2) is 0 Å². The summed E-state index contributed by atoms with van der Waals surface area (Å²) in [4.78, 5) is 27.1. The Kier molecular flexibility index (Phi) is 5.65. The highest BCUT2D eigenvalue weighted by molar-refractivity contribution is 5.95. The Morgan fingerprint density at radius 2 is 2.09 bits per heavy atom. The molecule has 1 aromatic carbocycles. The number of hydrogen-bond donors (Lipinski definition) is 1. The summed E-state index contributed by atoms with van der Waals surface area (Å²) in [6, 6.07) is 9.59. The lowest BCUT2D eigenvalue weighted by Gasteiger charge is -2.03. The van der Waals surface area contributed by atoms with Gasteiger partial charge in [-0.05, 0) is 30.7 Å². The Balaban J connectivity index is 1.93. The molecular weight excluding hydrogens is 280 g/mol. The van der Waals surface area contributed by atoms with Gasteiger partial charge in [0.25, 0.3) is 0 Å². The first-order chi connectivity index (χ1) is 10.7. The quantitative estimate of drug-likeness (QED) is 0.656. The first kappa shape index (κ1) is 15.7. The zero-order chi connectivity index (χ0) is 15.8. The number of rotatable bonds is 6. The number of benzene rings is 1. The second-order valence-corrected chi connectivity index (χ2v) is 4.60. The number of pyridine rings is 1. The topological polar surface area (TPSA) is 68.3 Å². The fourth-order valence-electron chi connectivity index (χ4n) is 2.01. The van der Waals surface area contributed by atoms with Crippen LogP contribution in [0.25, 0.3) is 17.0 Å². The molecule has 5 heteroatoms. The summed E-state index contributed by atoms with van der Waals surface area (Å²) in [6.45, 7) is 2.36. The standard InChI is InChI=1S/C17H18N2O3/c1-2-22-17(21)10-12-19-16(20)8-7-13-9-11-18-15-6-4-3-5-14(13)15/h3-9,11H,2,10,12H2,1H3,(H,19,20)/b8-7-. The molecule has 2 rings (SSSR count). The van der Waals surface area contributed by atoms with E-state index in [0.29, 0.717) is 6.61 Å². The van der Waals surface area contributed by atoms with Gasteiger partial charge in [0.1, 0.15) is 0 Å². The van der Waals surface area contributed by atoms with Gasteiger partial charge in [-0.15, -0.1) is 0 Å². The molecule has 0 fully saturated rings. The van der Waals surface area contributed by atoms with Crippen LogP contribution in [0, 0.1) is 0 Å². The van der Waals surface area contributed by atoms with E-state index >= 15 is 0 Å². The summed E-state index contributed by atoms with van der Waals surface area (Å²) >= 11 is 0. The van der Waals surface area contributed by atoms with Crippen LogP contribution in [0.15, 0.2) is 42.6 Å². The third-order valence-corrected chi connectivity index (χ3v) is 3.03. The van der Waals surface area contributed by atoms with Crippen molar-refractivity contribution in [3.63, 3.8) is 0 Å². The van der Waals surface area contributed by atoms with Crippen LogP contribution in [0.2, 0.25) is 0 Å². The number of hydrogen-bond acceptors (Lipinski definition) is 4. The zero-order valence-electron chi connectivity index (χ0n) is 12.4. The molecule has 1 aromatic heterocycles. The predicted octanol–water partition coefficient (Wildman–Crippen LogP) is 2.32. The minimum absolute atomic E-state index is 0.172. The first-order valence-electron chi connectivity index (χ1n) is 7.16. The highest BCUT2D eigenvalue weighted by Crippen LogP contribution is 2.17. The van der Waals surface area contributed by atoms with E-state index < -0.39 is 0 Å². The maximum absolute atomic E-state index is 11.7. The van der Waals surface area contributed by atoms with Gasteiger partial charge >= 0.3 is 5.97 Å². The summed E-state index contributed by atoms with van der Waals surface area (Å²) < 4.78 is 4.79. The van der Waals surface area contributed by atoms with Gasteiger partial charge in [0.15, 0.2) is 0 Å². The van der Waals surface area contributed by atoms with Gasteiger partial charge in [0.05, 0.1) is 18.5 Å². The number of esters is 1. The normalized spacial score (nSPS) is 10.8. The highest BCUT2D eigenvalue weighted by atomic mass is 16.5. The summed E-state index contributed by atoms with van der Waals surface area (Å²) in [5.41, 5.74) is 1.80. The molecule has 22 heavy (non-hydrogen) atoms. The number of aromatic nitrogens is 1. The molecule has 0 aliphatic heterocycles. The Bertz CT molecular complexity index is 690. The van der Waals surface area contributed by atoms with Crippen LogP contribution in [-0.4, -0.2) is 30.0 Å².